The first kappa shape index (κ1) is 13.6. The summed E-state index contributed by atoms with van der Waals surface area (Å²) < 4.78 is 3.04. The maximum atomic E-state index is 6.01. The summed E-state index contributed by atoms with van der Waals surface area (Å²) in [6, 6.07) is 6.11. The lowest BCUT2D eigenvalue weighted by molar-refractivity contribution is 0.824. The van der Waals surface area contributed by atoms with E-state index in [-0.39, 0.29) is 0 Å². The van der Waals surface area contributed by atoms with E-state index in [2.05, 4.69) is 47.9 Å². The van der Waals surface area contributed by atoms with Crippen molar-refractivity contribution < 1.29 is 0 Å². The van der Waals surface area contributed by atoms with Crippen molar-refractivity contribution in [3.63, 3.8) is 0 Å². The number of alkyl halides is 1. The van der Waals surface area contributed by atoms with Crippen molar-refractivity contribution >= 4 is 27.5 Å². The van der Waals surface area contributed by atoms with Crippen molar-refractivity contribution in [3.8, 4) is 5.69 Å². The van der Waals surface area contributed by atoms with Crippen molar-refractivity contribution in [1.29, 1.82) is 0 Å². The van der Waals surface area contributed by atoms with Crippen molar-refractivity contribution in [2.75, 3.05) is 0 Å². The highest BCUT2D eigenvalue weighted by atomic mass is 79.9. The summed E-state index contributed by atoms with van der Waals surface area (Å²) in [5.74, 6) is 0.489. The van der Waals surface area contributed by atoms with E-state index in [0.717, 1.165) is 27.8 Å². The van der Waals surface area contributed by atoms with E-state index in [0.29, 0.717) is 5.88 Å². The minimum Gasteiger partial charge on any atom is -0.237 e. The van der Waals surface area contributed by atoms with Gasteiger partial charge in [0.05, 0.1) is 11.4 Å². The molecule has 0 unspecified atom stereocenters. The fourth-order valence-electron chi connectivity index (χ4n) is 2.27. The van der Waals surface area contributed by atoms with Crippen LogP contribution in [0.15, 0.2) is 22.7 Å². The zero-order valence-electron chi connectivity index (χ0n) is 10.8. The molecule has 0 fully saturated rings. The maximum Gasteiger partial charge on any atom is 0.0704 e. The van der Waals surface area contributed by atoms with E-state index in [1.807, 2.05) is 16.8 Å². The quantitative estimate of drug-likeness (QED) is 0.756. The Kier molecular flexibility index (Phi) is 4.13. The molecule has 18 heavy (non-hydrogen) atoms. The Morgan fingerprint density at radius 2 is 2.06 bits per heavy atom. The molecule has 1 heterocycles. The topological polar surface area (TPSA) is 17.8 Å². The van der Waals surface area contributed by atoms with Crippen molar-refractivity contribution in [2.24, 2.45) is 0 Å². The SMILES string of the molecule is CCc1c(C)nn(-c2cc(Br)ccc2CCl)c1C. The highest BCUT2D eigenvalue weighted by Gasteiger charge is 2.13. The van der Waals surface area contributed by atoms with Crippen LogP contribution in [0, 0.1) is 13.8 Å². The van der Waals surface area contributed by atoms with Gasteiger partial charge in [-0.2, -0.15) is 5.10 Å². The second-order valence-corrected chi connectivity index (χ2v) is 5.50. The number of benzene rings is 1. The Labute approximate surface area is 121 Å². The maximum absolute atomic E-state index is 6.01. The fourth-order valence-corrected chi connectivity index (χ4v) is 2.84. The first-order valence-electron chi connectivity index (χ1n) is 5.98. The molecule has 0 aliphatic heterocycles. The predicted octanol–water partition coefficient (Wildman–Crippen LogP) is 4.55. The van der Waals surface area contributed by atoms with Crippen molar-refractivity contribution in [3.05, 3.63) is 45.2 Å². The molecule has 1 aromatic carbocycles. The van der Waals surface area contributed by atoms with E-state index in [4.69, 9.17) is 11.6 Å². The van der Waals surface area contributed by atoms with Gasteiger partial charge in [-0.05, 0) is 43.5 Å². The minimum absolute atomic E-state index is 0.489. The summed E-state index contributed by atoms with van der Waals surface area (Å²) in [7, 11) is 0. The fraction of sp³-hybridized carbons (Fsp3) is 0.357. The molecule has 0 atom stereocenters. The largest absolute Gasteiger partial charge is 0.237 e. The summed E-state index contributed by atoms with van der Waals surface area (Å²) in [5, 5.41) is 4.64. The van der Waals surface area contributed by atoms with Crippen LogP contribution >= 0.6 is 27.5 Å². The van der Waals surface area contributed by atoms with E-state index in [1.165, 1.54) is 11.3 Å². The van der Waals surface area contributed by atoms with Gasteiger partial charge in [0.15, 0.2) is 0 Å². The van der Waals surface area contributed by atoms with Crippen LogP contribution in [0.1, 0.15) is 29.4 Å². The number of hydrogen-bond acceptors (Lipinski definition) is 1. The van der Waals surface area contributed by atoms with Gasteiger partial charge >= 0.3 is 0 Å². The first-order valence-corrected chi connectivity index (χ1v) is 7.31. The molecule has 2 aromatic rings. The standard InChI is InChI=1S/C14H16BrClN2/c1-4-13-9(2)17-18(10(13)3)14-7-12(15)6-5-11(14)8-16/h5-7H,4,8H2,1-3H3. The molecule has 0 aliphatic rings. The average Bonchev–Trinajstić information content (AvgIpc) is 2.64. The van der Waals surface area contributed by atoms with Gasteiger partial charge in [-0.15, -0.1) is 11.6 Å². The molecule has 0 radical (unpaired) electrons. The van der Waals surface area contributed by atoms with Crippen LogP contribution in [0.2, 0.25) is 0 Å². The highest BCUT2D eigenvalue weighted by molar-refractivity contribution is 9.10. The summed E-state index contributed by atoms with van der Waals surface area (Å²) in [6.07, 6.45) is 1.00. The van der Waals surface area contributed by atoms with Gasteiger partial charge in [-0.25, -0.2) is 4.68 Å². The van der Waals surface area contributed by atoms with E-state index < -0.39 is 0 Å². The van der Waals surface area contributed by atoms with Gasteiger partial charge in [0.25, 0.3) is 0 Å². The number of aromatic nitrogens is 2. The van der Waals surface area contributed by atoms with Crippen LogP contribution in [0.5, 0.6) is 0 Å². The lowest BCUT2D eigenvalue weighted by atomic mass is 10.1. The zero-order chi connectivity index (χ0) is 13.3. The predicted molar refractivity (Wildman–Crippen MR) is 79.7 cm³/mol. The smallest absolute Gasteiger partial charge is 0.0704 e. The van der Waals surface area contributed by atoms with Gasteiger partial charge < -0.3 is 0 Å². The Hall–Kier alpha value is -0.800. The lowest BCUT2D eigenvalue weighted by Gasteiger charge is -2.10. The molecule has 0 aliphatic carbocycles. The van der Waals surface area contributed by atoms with Gasteiger partial charge in [-0.3, -0.25) is 0 Å². The Morgan fingerprint density at radius 3 is 2.61 bits per heavy atom. The number of aryl methyl sites for hydroxylation is 1. The number of nitrogens with zero attached hydrogens (tertiary/aromatic N) is 2. The molecule has 0 saturated heterocycles. The van der Waals surface area contributed by atoms with Crippen LogP contribution in [0.4, 0.5) is 0 Å². The molecule has 96 valence electrons. The van der Waals surface area contributed by atoms with Gasteiger partial charge in [0, 0.05) is 16.0 Å². The molecule has 1 aromatic heterocycles. The molecule has 0 amide bonds. The van der Waals surface area contributed by atoms with Gasteiger partial charge in [0.1, 0.15) is 0 Å². The summed E-state index contributed by atoms with van der Waals surface area (Å²) in [5.41, 5.74) is 5.75. The Morgan fingerprint density at radius 1 is 1.33 bits per heavy atom. The highest BCUT2D eigenvalue weighted by Crippen LogP contribution is 2.25. The number of rotatable bonds is 3. The molecular weight excluding hydrogens is 312 g/mol. The van der Waals surface area contributed by atoms with Crippen molar-refractivity contribution in [1.82, 2.24) is 9.78 Å². The molecule has 2 nitrogen and oxygen atoms in total. The second-order valence-electron chi connectivity index (χ2n) is 4.32. The summed E-state index contributed by atoms with van der Waals surface area (Å²) in [6.45, 7) is 6.32. The van der Waals surface area contributed by atoms with Crippen LogP contribution in [0.25, 0.3) is 5.69 Å². The third-order valence-corrected chi connectivity index (χ3v) is 4.00. The molecule has 0 bridgehead atoms. The number of halogens is 2. The third-order valence-electron chi connectivity index (χ3n) is 3.21. The molecule has 2 rings (SSSR count). The summed E-state index contributed by atoms with van der Waals surface area (Å²) in [4.78, 5) is 0. The van der Waals surface area contributed by atoms with Crippen molar-refractivity contribution in [2.45, 2.75) is 33.1 Å². The number of hydrogen-bond donors (Lipinski definition) is 0. The normalized spacial score (nSPS) is 10.9. The first-order chi connectivity index (χ1) is 8.58. The van der Waals surface area contributed by atoms with Gasteiger partial charge in [-0.1, -0.05) is 28.9 Å². The molecule has 0 N–H and O–H groups in total. The molecule has 4 heteroatoms. The minimum atomic E-state index is 0.489. The van der Waals surface area contributed by atoms with Gasteiger partial charge in [0.2, 0.25) is 0 Å². The molecular formula is C14H16BrClN2. The zero-order valence-corrected chi connectivity index (χ0v) is 13.1. The molecule has 0 spiro atoms. The van der Waals surface area contributed by atoms with Crippen LogP contribution < -0.4 is 0 Å². The van der Waals surface area contributed by atoms with Crippen LogP contribution in [-0.4, -0.2) is 9.78 Å². The van der Waals surface area contributed by atoms with E-state index >= 15 is 0 Å². The third kappa shape index (κ3) is 2.34. The van der Waals surface area contributed by atoms with Crippen LogP contribution in [-0.2, 0) is 12.3 Å². The Balaban J connectivity index is 2.65. The second kappa shape index (κ2) is 5.45. The van der Waals surface area contributed by atoms with E-state index in [9.17, 15) is 0 Å². The average molecular weight is 328 g/mol. The lowest BCUT2D eigenvalue weighted by Crippen LogP contribution is -2.03. The summed E-state index contributed by atoms with van der Waals surface area (Å²) >= 11 is 9.52. The molecule has 0 saturated carbocycles. The Bertz CT molecular complexity index is 575. The monoisotopic (exact) mass is 326 g/mol. The van der Waals surface area contributed by atoms with E-state index in [1.54, 1.807) is 0 Å². The van der Waals surface area contributed by atoms with Crippen LogP contribution in [0.3, 0.4) is 0 Å².